The van der Waals surface area contributed by atoms with Gasteiger partial charge in [-0.2, -0.15) is 0 Å². The van der Waals surface area contributed by atoms with Gasteiger partial charge in [0, 0.05) is 42.1 Å². The number of oxime groups is 1. The Kier molecular flexibility index (Phi) is 7.44. The molecule has 1 fully saturated rings. The molecule has 11 heteroatoms. The molecule has 3 rings (SSSR count). The van der Waals surface area contributed by atoms with Crippen LogP contribution in [0, 0.1) is 11.2 Å². The number of benzene rings is 1. The van der Waals surface area contributed by atoms with Crippen molar-refractivity contribution in [3.8, 4) is 11.1 Å². The number of rotatable bonds is 10. The maximum Gasteiger partial charge on any atom is 0.313 e. The molecule has 0 bridgehead atoms. The fourth-order valence-electron chi connectivity index (χ4n) is 2.76. The highest BCUT2D eigenvalue weighted by Crippen LogP contribution is 2.26. The monoisotopic (exact) mass is 430 g/mol. The molecule has 4 N–H and O–H groups in total. The Hall–Kier alpha value is -3.60. The van der Waals surface area contributed by atoms with Crippen LogP contribution in [-0.4, -0.2) is 58.9 Å². The molecule has 1 saturated heterocycles. The molecular formula is C20H23FN6O4. The lowest BCUT2D eigenvalue weighted by atomic mass is 10.1. The summed E-state index contributed by atoms with van der Waals surface area (Å²) in [7, 11) is 0. The number of halogens is 1. The minimum Gasteiger partial charge on any atom is -0.460 e. The van der Waals surface area contributed by atoms with E-state index in [-0.39, 0.29) is 36.6 Å². The Labute approximate surface area is 178 Å². The topological polar surface area (TPSA) is 147 Å². The Balaban J connectivity index is 1.60. The van der Waals surface area contributed by atoms with E-state index >= 15 is 0 Å². The Bertz CT molecular complexity index is 959. The first-order valence-electron chi connectivity index (χ1n) is 9.59. The molecule has 0 atom stereocenters. The molecule has 0 aliphatic carbocycles. The lowest BCUT2D eigenvalue weighted by Gasteiger charge is -2.31. The minimum absolute atomic E-state index is 0.0612. The third-order valence-electron chi connectivity index (χ3n) is 4.37. The lowest BCUT2D eigenvalue weighted by Crippen LogP contribution is -2.48. The maximum absolute atomic E-state index is 14.9. The van der Waals surface area contributed by atoms with Gasteiger partial charge in [0.15, 0.2) is 0 Å². The van der Waals surface area contributed by atoms with Gasteiger partial charge < -0.3 is 25.3 Å². The van der Waals surface area contributed by atoms with E-state index in [0.717, 1.165) is 5.71 Å². The Morgan fingerprint density at radius 2 is 2.06 bits per heavy atom. The van der Waals surface area contributed by atoms with Gasteiger partial charge >= 0.3 is 5.97 Å². The van der Waals surface area contributed by atoms with Crippen LogP contribution in [0.5, 0.6) is 0 Å². The zero-order chi connectivity index (χ0) is 22.2. The summed E-state index contributed by atoms with van der Waals surface area (Å²) in [6.45, 7) is 1.24. The van der Waals surface area contributed by atoms with Crippen molar-refractivity contribution in [3.05, 3.63) is 42.0 Å². The first-order chi connectivity index (χ1) is 15.0. The average Bonchev–Trinajstić information content (AvgIpc) is 2.71. The number of aliphatic hydroxyl groups is 1. The van der Waals surface area contributed by atoms with Gasteiger partial charge in [-0.3, -0.25) is 10.2 Å². The first-order valence-corrected chi connectivity index (χ1v) is 9.59. The number of carbonyl (C=O) groups is 1. The largest absolute Gasteiger partial charge is 0.460 e. The number of hydrogen-bond donors (Lipinski definition) is 3. The van der Waals surface area contributed by atoms with E-state index in [1.165, 1.54) is 18.5 Å². The minimum atomic E-state index is -0.693. The molecule has 1 aliphatic rings. The van der Waals surface area contributed by atoms with Gasteiger partial charge in [-0.1, -0.05) is 23.4 Å². The third kappa shape index (κ3) is 5.95. The first kappa shape index (κ1) is 22.1. The van der Waals surface area contributed by atoms with Crippen molar-refractivity contribution in [2.75, 3.05) is 31.2 Å². The smallest absolute Gasteiger partial charge is 0.313 e. The quantitative estimate of drug-likeness (QED) is 0.168. The summed E-state index contributed by atoms with van der Waals surface area (Å²) < 4.78 is 19.8. The second kappa shape index (κ2) is 10.4. The van der Waals surface area contributed by atoms with E-state index in [1.54, 1.807) is 12.1 Å². The van der Waals surface area contributed by atoms with Crippen LogP contribution in [0.25, 0.3) is 11.1 Å². The van der Waals surface area contributed by atoms with Gasteiger partial charge in [-0.05, 0) is 0 Å². The number of hydrogen-bond acceptors (Lipinski definition) is 9. The molecule has 0 saturated carbocycles. The number of aliphatic hydroxyl groups excluding tert-OH is 1. The molecule has 1 aromatic carbocycles. The van der Waals surface area contributed by atoms with Gasteiger partial charge in [0.05, 0.1) is 18.8 Å². The molecule has 1 aromatic heterocycles. The van der Waals surface area contributed by atoms with Crippen molar-refractivity contribution in [2.24, 2.45) is 10.9 Å². The number of nitrogens with one attached hydrogen (secondary N) is 1. The van der Waals surface area contributed by atoms with Crippen molar-refractivity contribution in [2.45, 2.75) is 19.4 Å². The summed E-state index contributed by atoms with van der Waals surface area (Å²) in [5.41, 5.74) is 6.97. The average molecular weight is 430 g/mol. The van der Waals surface area contributed by atoms with E-state index in [1.807, 2.05) is 4.90 Å². The van der Waals surface area contributed by atoms with Crippen molar-refractivity contribution < 1.29 is 23.9 Å². The highest BCUT2D eigenvalue weighted by molar-refractivity contribution is 5.98. The molecule has 0 radical (unpaired) electrons. The summed E-state index contributed by atoms with van der Waals surface area (Å²) >= 11 is 0. The van der Waals surface area contributed by atoms with E-state index in [2.05, 4.69) is 15.1 Å². The zero-order valence-corrected chi connectivity index (χ0v) is 16.8. The number of nitrogens with two attached hydrogens (primary N) is 1. The van der Waals surface area contributed by atoms with Gasteiger partial charge in [0.2, 0.25) is 5.95 Å². The predicted octanol–water partition coefficient (Wildman–Crippen LogP) is 1.23. The molecule has 31 heavy (non-hydrogen) atoms. The van der Waals surface area contributed by atoms with Gasteiger partial charge in [-0.25, -0.2) is 14.4 Å². The molecule has 0 unspecified atom stereocenters. The van der Waals surface area contributed by atoms with Crippen molar-refractivity contribution >= 4 is 23.5 Å². The number of anilines is 1. The normalized spacial score (nSPS) is 12.8. The summed E-state index contributed by atoms with van der Waals surface area (Å²) in [5.74, 6) is -1.05. The third-order valence-corrected chi connectivity index (χ3v) is 4.37. The van der Waals surface area contributed by atoms with Crippen LogP contribution >= 0.6 is 0 Å². The molecule has 2 heterocycles. The standard InChI is InChI=1S/C20H23FN6O4/c21-19-13(12-30-18(29)7-17(22)23)3-1-4-16(19)14-8-24-20(25-9-14)27-10-15(11-27)26-31-6-2-5-28/h1,3-4,8-9,28H,2,5-7,10-12H2,(H3,22,23). The summed E-state index contributed by atoms with van der Waals surface area (Å²) in [4.78, 5) is 27.1. The van der Waals surface area contributed by atoms with Crippen molar-refractivity contribution in [1.82, 2.24) is 9.97 Å². The van der Waals surface area contributed by atoms with Crippen LogP contribution in [-0.2, 0) is 21.0 Å². The predicted molar refractivity (Wildman–Crippen MR) is 111 cm³/mol. The number of carbonyl (C=O) groups excluding carboxylic acids is 1. The number of nitrogens with zero attached hydrogens (tertiary/aromatic N) is 4. The van der Waals surface area contributed by atoms with E-state index < -0.39 is 11.8 Å². The van der Waals surface area contributed by atoms with Crippen LogP contribution in [0.15, 0.2) is 35.7 Å². The number of aromatic nitrogens is 2. The molecule has 1 aliphatic heterocycles. The van der Waals surface area contributed by atoms with Gasteiger partial charge in [-0.15, -0.1) is 0 Å². The molecular weight excluding hydrogens is 407 g/mol. The second-order valence-corrected chi connectivity index (χ2v) is 6.84. The fourth-order valence-corrected chi connectivity index (χ4v) is 2.76. The zero-order valence-electron chi connectivity index (χ0n) is 16.8. The summed E-state index contributed by atoms with van der Waals surface area (Å²) in [6, 6.07) is 4.75. The van der Waals surface area contributed by atoms with Crippen molar-refractivity contribution in [3.63, 3.8) is 0 Å². The second-order valence-electron chi connectivity index (χ2n) is 6.84. The molecule has 2 aromatic rings. The fraction of sp³-hybridized carbons (Fsp3) is 0.350. The van der Waals surface area contributed by atoms with Crippen LogP contribution in [0.2, 0.25) is 0 Å². The highest BCUT2D eigenvalue weighted by Gasteiger charge is 2.25. The molecule has 164 valence electrons. The van der Waals surface area contributed by atoms with E-state index in [4.69, 9.17) is 25.8 Å². The Morgan fingerprint density at radius 1 is 1.32 bits per heavy atom. The van der Waals surface area contributed by atoms with Crippen molar-refractivity contribution in [1.29, 1.82) is 5.41 Å². The number of ether oxygens (including phenoxy) is 1. The van der Waals surface area contributed by atoms with E-state index in [9.17, 15) is 9.18 Å². The summed E-state index contributed by atoms with van der Waals surface area (Å²) in [6.07, 6.45) is 3.25. The summed E-state index contributed by atoms with van der Waals surface area (Å²) in [5, 5.41) is 19.8. The number of esters is 1. The Morgan fingerprint density at radius 3 is 2.74 bits per heavy atom. The van der Waals surface area contributed by atoms with Crippen LogP contribution < -0.4 is 10.6 Å². The van der Waals surface area contributed by atoms with E-state index in [0.29, 0.717) is 37.6 Å². The maximum atomic E-state index is 14.9. The molecule has 0 amide bonds. The van der Waals surface area contributed by atoms with Crippen LogP contribution in [0.4, 0.5) is 10.3 Å². The molecule has 0 spiro atoms. The number of amidine groups is 1. The van der Waals surface area contributed by atoms with Crippen LogP contribution in [0.3, 0.4) is 0 Å². The highest BCUT2D eigenvalue weighted by atomic mass is 19.1. The SMILES string of the molecule is N=C(N)CC(=O)OCc1cccc(-c2cnc(N3CC(=NOCCCO)C3)nc2)c1F. The lowest BCUT2D eigenvalue weighted by molar-refractivity contribution is -0.143. The van der Waals surface area contributed by atoms with Crippen LogP contribution in [0.1, 0.15) is 18.4 Å². The molecule has 10 nitrogen and oxygen atoms in total. The van der Waals surface area contributed by atoms with Gasteiger partial charge in [0.1, 0.15) is 31.3 Å². The van der Waals surface area contributed by atoms with Gasteiger partial charge in [0.25, 0.3) is 0 Å².